The molecule has 162 valence electrons. The minimum Gasteiger partial charge on any atom is -0.423 e. The summed E-state index contributed by atoms with van der Waals surface area (Å²) < 4.78 is 11.3. The molecule has 1 atom stereocenters. The van der Waals surface area contributed by atoms with Gasteiger partial charge in [-0.3, -0.25) is 0 Å². The summed E-state index contributed by atoms with van der Waals surface area (Å²) in [7, 11) is 0. The first kappa shape index (κ1) is 22.8. The van der Waals surface area contributed by atoms with Gasteiger partial charge in [-0.05, 0) is 72.7 Å². The molecule has 3 rings (SSSR count). The summed E-state index contributed by atoms with van der Waals surface area (Å²) in [4.78, 5) is 12.5. The van der Waals surface area contributed by atoms with Crippen LogP contribution in [0.25, 0.3) is 11.1 Å². The Balaban J connectivity index is 1.59. The van der Waals surface area contributed by atoms with E-state index in [9.17, 15) is 4.79 Å². The number of hydrogen-bond donors (Lipinski definition) is 0. The lowest BCUT2D eigenvalue weighted by Crippen LogP contribution is -2.09. The van der Waals surface area contributed by atoms with Crippen LogP contribution in [0.3, 0.4) is 0 Å². The summed E-state index contributed by atoms with van der Waals surface area (Å²) in [6.45, 7) is 7.04. The summed E-state index contributed by atoms with van der Waals surface area (Å²) in [5.74, 6) is 0.179. The minimum atomic E-state index is -0.360. The third kappa shape index (κ3) is 6.53. The van der Waals surface area contributed by atoms with Crippen LogP contribution in [0.15, 0.2) is 72.8 Å². The van der Waals surface area contributed by atoms with E-state index in [1.807, 2.05) is 43.3 Å². The fourth-order valence-electron chi connectivity index (χ4n) is 3.41. The zero-order valence-corrected chi connectivity index (χ0v) is 18.8. The molecule has 0 aliphatic carbocycles. The fourth-order valence-corrected chi connectivity index (χ4v) is 3.41. The lowest BCUT2D eigenvalue weighted by Gasteiger charge is -2.13. The third-order valence-corrected chi connectivity index (χ3v) is 5.36. The predicted molar refractivity (Wildman–Crippen MR) is 127 cm³/mol. The Hall–Kier alpha value is -2.91. The van der Waals surface area contributed by atoms with E-state index in [0.29, 0.717) is 11.3 Å². The molecule has 0 saturated heterocycles. The second-order valence-corrected chi connectivity index (χ2v) is 7.85. The second kappa shape index (κ2) is 11.5. The van der Waals surface area contributed by atoms with Crippen molar-refractivity contribution in [1.82, 2.24) is 0 Å². The van der Waals surface area contributed by atoms with E-state index in [0.717, 1.165) is 36.1 Å². The van der Waals surface area contributed by atoms with Crippen molar-refractivity contribution in [3.05, 3.63) is 89.5 Å². The highest BCUT2D eigenvalue weighted by Gasteiger charge is 2.11. The standard InChI is InChI=1S/C28H32O3/c1-4-6-7-22-8-10-24(11-9-22)25-16-18-27(19-17-25)31-28(29)26-14-12-23(13-15-26)21(3)30-20-5-2/h8-19,21H,4-7,20H2,1-3H3. The number of benzene rings is 3. The summed E-state index contributed by atoms with van der Waals surface area (Å²) in [5.41, 5.74) is 5.21. The molecule has 0 heterocycles. The van der Waals surface area contributed by atoms with Crippen molar-refractivity contribution in [2.24, 2.45) is 0 Å². The lowest BCUT2D eigenvalue weighted by atomic mass is 10.0. The average molecular weight is 417 g/mol. The molecule has 0 aliphatic rings. The molecule has 0 saturated carbocycles. The van der Waals surface area contributed by atoms with Crippen LogP contribution in [-0.4, -0.2) is 12.6 Å². The van der Waals surface area contributed by atoms with Crippen LogP contribution < -0.4 is 4.74 Å². The van der Waals surface area contributed by atoms with Gasteiger partial charge in [-0.15, -0.1) is 0 Å². The van der Waals surface area contributed by atoms with Crippen molar-refractivity contribution in [2.45, 2.75) is 52.6 Å². The number of unbranched alkanes of at least 4 members (excludes halogenated alkanes) is 1. The molecule has 0 radical (unpaired) electrons. The van der Waals surface area contributed by atoms with E-state index >= 15 is 0 Å². The molecule has 31 heavy (non-hydrogen) atoms. The molecule has 0 aromatic heterocycles. The van der Waals surface area contributed by atoms with Crippen LogP contribution in [0.4, 0.5) is 0 Å². The quantitative estimate of drug-likeness (QED) is 0.255. The Morgan fingerprint density at radius 2 is 1.42 bits per heavy atom. The van der Waals surface area contributed by atoms with Gasteiger partial charge in [0.25, 0.3) is 0 Å². The summed E-state index contributed by atoms with van der Waals surface area (Å²) in [5, 5.41) is 0. The van der Waals surface area contributed by atoms with Gasteiger partial charge in [0.05, 0.1) is 11.7 Å². The number of ether oxygens (including phenoxy) is 2. The first-order valence-electron chi connectivity index (χ1n) is 11.2. The normalized spacial score (nSPS) is 11.8. The number of rotatable bonds is 10. The van der Waals surface area contributed by atoms with Gasteiger partial charge in [-0.2, -0.15) is 0 Å². The van der Waals surface area contributed by atoms with Gasteiger partial charge in [0.15, 0.2) is 0 Å². The maximum atomic E-state index is 12.5. The van der Waals surface area contributed by atoms with Crippen LogP contribution >= 0.6 is 0 Å². The number of esters is 1. The monoisotopic (exact) mass is 416 g/mol. The SMILES string of the molecule is CCCCc1ccc(-c2ccc(OC(=O)c3ccc(C(C)OCCC)cc3)cc2)cc1. The van der Waals surface area contributed by atoms with E-state index in [1.165, 1.54) is 18.4 Å². The van der Waals surface area contributed by atoms with Crippen LogP contribution in [-0.2, 0) is 11.2 Å². The van der Waals surface area contributed by atoms with E-state index in [1.54, 1.807) is 12.1 Å². The van der Waals surface area contributed by atoms with Gasteiger partial charge in [-0.25, -0.2) is 4.79 Å². The molecule has 0 amide bonds. The second-order valence-electron chi connectivity index (χ2n) is 7.85. The van der Waals surface area contributed by atoms with Gasteiger partial charge in [0.1, 0.15) is 5.75 Å². The average Bonchev–Trinajstić information content (AvgIpc) is 2.82. The maximum absolute atomic E-state index is 12.5. The number of aryl methyl sites for hydroxylation is 1. The Labute approximate surface area is 186 Å². The fraction of sp³-hybridized carbons (Fsp3) is 0.321. The number of hydrogen-bond acceptors (Lipinski definition) is 3. The smallest absolute Gasteiger partial charge is 0.343 e. The van der Waals surface area contributed by atoms with Crippen LogP contribution in [0.5, 0.6) is 5.75 Å². The molecule has 3 aromatic rings. The molecule has 0 aliphatic heterocycles. The highest BCUT2D eigenvalue weighted by Crippen LogP contribution is 2.24. The minimum absolute atomic E-state index is 0.0123. The third-order valence-electron chi connectivity index (χ3n) is 5.36. The first-order valence-corrected chi connectivity index (χ1v) is 11.2. The van der Waals surface area contributed by atoms with Crippen molar-refractivity contribution in [3.63, 3.8) is 0 Å². The Morgan fingerprint density at radius 1 is 0.806 bits per heavy atom. The van der Waals surface area contributed by atoms with Gasteiger partial charge in [-0.1, -0.05) is 68.8 Å². The number of carbonyl (C=O) groups excluding carboxylic acids is 1. The molecule has 3 nitrogen and oxygen atoms in total. The molecular formula is C28H32O3. The molecule has 3 heteroatoms. The maximum Gasteiger partial charge on any atom is 0.343 e. The Kier molecular flexibility index (Phi) is 8.43. The Bertz CT molecular complexity index is 941. The molecule has 0 fully saturated rings. The zero-order valence-electron chi connectivity index (χ0n) is 18.8. The van der Waals surface area contributed by atoms with Crippen molar-refractivity contribution in [3.8, 4) is 16.9 Å². The molecule has 0 N–H and O–H groups in total. The van der Waals surface area contributed by atoms with Crippen molar-refractivity contribution < 1.29 is 14.3 Å². The summed E-state index contributed by atoms with van der Waals surface area (Å²) >= 11 is 0. The first-order chi connectivity index (χ1) is 15.1. The lowest BCUT2D eigenvalue weighted by molar-refractivity contribution is 0.0660. The van der Waals surface area contributed by atoms with Crippen LogP contribution in [0.2, 0.25) is 0 Å². The highest BCUT2D eigenvalue weighted by atomic mass is 16.5. The number of carbonyl (C=O) groups is 1. The molecule has 1 unspecified atom stereocenters. The van der Waals surface area contributed by atoms with Crippen molar-refractivity contribution >= 4 is 5.97 Å². The summed E-state index contributed by atoms with van der Waals surface area (Å²) in [6.07, 6.45) is 4.54. The summed E-state index contributed by atoms with van der Waals surface area (Å²) in [6, 6.07) is 23.8. The largest absolute Gasteiger partial charge is 0.423 e. The van der Waals surface area contributed by atoms with Crippen LogP contribution in [0, 0.1) is 0 Å². The molecular weight excluding hydrogens is 384 g/mol. The highest BCUT2D eigenvalue weighted by molar-refractivity contribution is 5.91. The van der Waals surface area contributed by atoms with Gasteiger partial charge < -0.3 is 9.47 Å². The predicted octanol–water partition coefficient (Wildman–Crippen LogP) is 7.40. The van der Waals surface area contributed by atoms with E-state index in [-0.39, 0.29) is 12.1 Å². The zero-order chi connectivity index (χ0) is 22.1. The Morgan fingerprint density at radius 3 is 2.00 bits per heavy atom. The van der Waals surface area contributed by atoms with Crippen LogP contribution in [0.1, 0.15) is 67.6 Å². The van der Waals surface area contributed by atoms with Gasteiger partial charge in [0, 0.05) is 6.61 Å². The van der Waals surface area contributed by atoms with Crippen molar-refractivity contribution in [2.75, 3.05) is 6.61 Å². The van der Waals surface area contributed by atoms with E-state index < -0.39 is 0 Å². The van der Waals surface area contributed by atoms with Crippen molar-refractivity contribution in [1.29, 1.82) is 0 Å². The topological polar surface area (TPSA) is 35.5 Å². The molecule has 0 bridgehead atoms. The van der Waals surface area contributed by atoms with Gasteiger partial charge >= 0.3 is 5.97 Å². The van der Waals surface area contributed by atoms with Gasteiger partial charge in [0.2, 0.25) is 0 Å². The molecule has 0 spiro atoms. The van der Waals surface area contributed by atoms with E-state index in [4.69, 9.17) is 9.47 Å². The van der Waals surface area contributed by atoms with E-state index in [2.05, 4.69) is 38.1 Å². The molecule has 3 aromatic carbocycles.